The normalized spacial score (nSPS) is 21.3. The number of carbonyl (C=O) groups excluding carboxylic acids is 1. The van der Waals surface area contributed by atoms with Gasteiger partial charge in [0.2, 0.25) is 15.9 Å². The Kier molecular flexibility index (Phi) is 4.62. The number of benzene rings is 1. The largest absolute Gasteiger partial charge is 0.481 e. The number of carboxylic acids is 1. The monoisotopic (exact) mass is 324 g/mol. The number of carboxylic acid groups (broad SMARTS) is 1. The van der Waals surface area contributed by atoms with Crippen LogP contribution in [-0.2, 0) is 19.6 Å². The van der Waals surface area contributed by atoms with Crippen molar-refractivity contribution in [1.82, 2.24) is 0 Å². The Morgan fingerprint density at radius 2 is 1.64 bits per heavy atom. The lowest BCUT2D eigenvalue weighted by atomic mass is 9.82. The fraction of sp³-hybridized carbons (Fsp3) is 0.286. The number of allylic oxidation sites excluding steroid dienone is 2. The van der Waals surface area contributed by atoms with E-state index in [2.05, 4.69) is 5.32 Å². The predicted octanol–water partition coefficient (Wildman–Crippen LogP) is 0.939. The van der Waals surface area contributed by atoms with E-state index in [4.69, 9.17) is 10.2 Å². The van der Waals surface area contributed by atoms with Crippen molar-refractivity contribution in [2.45, 2.75) is 17.7 Å². The molecule has 8 heteroatoms. The average Bonchev–Trinajstić information content (AvgIpc) is 2.46. The quantitative estimate of drug-likeness (QED) is 0.710. The molecule has 0 bridgehead atoms. The zero-order valence-electron chi connectivity index (χ0n) is 11.6. The van der Waals surface area contributed by atoms with Crippen molar-refractivity contribution >= 4 is 27.6 Å². The molecule has 1 amide bonds. The highest BCUT2D eigenvalue weighted by atomic mass is 32.2. The minimum absolute atomic E-state index is 0.0606. The summed E-state index contributed by atoms with van der Waals surface area (Å²) in [5, 5.41) is 16.7. The first-order chi connectivity index (χ1) is 10.3. The van der Waals surface area contributed by atoms with Gasteiger partial charge in [0.25, 0.3) is 0 Å². The third-order valence-corrected chi connectivity index (χ3v) is 4.47. The van der Waals surface area contributed by atoms with Crippen LogP contribution in [0, 0.1) is 11.8 Å². The first-order valence-electron chi connectivity index (χ1n) is 6.60. The van der Waals surface area contributed by atoms with Crippen molar-refractivity contribution in [1.29, 1.82) is 0 Å². The Hall–Kier alpha value is -2.19. The molecule has 0 fully saturated rings. The molecule has 4 N–H and O–H groups in total. The van der Waals surface area contributed by atoms with Crippen molar-refractivity contribution in [2.24, 2.45) is 17.0 Å². The second-order valence-corrected chi connectivity index (χ2v) is 6.61. The summed E-state index contributed by atoms with van der Waals surface area (Å²) in [4.78, 5) is 23.3. The summed E-state index contributed by atoms with van der Waals surface area (Å²) in [7, 11) is -3.79. The van der Waals surface area contributed by atoms with Crippen molar-refractivity contribution in [3.8, 4) is 0 Å². The maximum absolute atomic E-state index is 12.2. The summed E-state index contributed by atoms with van der Waals surface area (Å²) in [6.45, 7) is 0. The Balaban J connectivity index is 2.11. The molecule has 1 aliphatic rings. The predicted molar refractivity (Wildman–Crippen MR) is 79.4 cm³/mol. The van der Waals surface area contributed by atoms with Crippen LogP contribution in [0.25, 0.3) is 0 Å². The van der Waals surface area contributed by atoms with Crippen LogP contribution in [0.5, 0.6) is 0 Å². The number of nitrogens with one attached hydrogen (secondary N) is 1. The summed E-state index contributed by atoms with van der Waals surface area (Å²) >= 11 is 0. The van der Waals surface area contributed by atoms with Crippen molar-refractivity contribution < 1.29 is 23.1 Å². The topological polar surface area (TPSA) is 127 Å². The van der Waals surface area contributed by atoms with Crippen LogP contribution in [-0.4, -0.2) is 25.4 Å². The fourth-order valence-electron chi connectivity index (χ4n) is 2.34. The maximum Gasteiger partial charge on any atom is 0.307 e. The van der Waals surface area contributed by atoms with E-state index in [1.54, 1.807) is 12.2 Å². The molecule has 22 heavy (non-hydrogen) atoms. The maximum atomic E-state index is 12.2. The van der Waals surface area contributed by atoms with Gasteiger partial charge in [0.1, 0.15) is 0 Å². The van der Waals surface area contributed by atoms with Crippen LogP contribution in [0.15, 0.2) is 41.3 Å². The number of anilines is 1. The lowest BCUT2D eigenvalue weighted by molar-refractivity contribution is -0.146. The SMILES string of the molecule is NS(=O)(=O)c1ccc(NC(=O)C2CC=CCC2C(=O)O)cc1. The van der Waals surface area contributed by atoms with Crippen LogP contribution in [0.1, 0.15) is 12.8 Å². The van der Waals surface area contributed by atoms with Crippen LogP contribution in [0.2, 0.25) is 0 Å². The van der Waals surface area contributed by atoms with E-state index in [9.17, 15) is 18.0 Å². The number of hydrogen-bond acceptors (Lipinski definition) is 4. The van der Waals surface area contributed by atoms with Crippen LogP contribution in [0.3, 0.4) is 0 Å². The molecule has 1 aromatic rings. The summed E-state index contributed by atoms with van der Waals surface area (Å²) < 4.78 is 22.3. The summed E-state index contributed by atoms with van der Waals surface area (Å²) in [5.74, 6) is -2.82. The van der Waals surface area contributed by atoms with Gasteiger partial charge in [0.15, 0.2) is 0 Å². The summed E-state index contributed by atoms with van der Waals surface area (Å²) in [6, 6.07) is 5.37. The van der Waals surface area contributed by atoms with Crippen molar-refractivity contribution in [3.63, 3.8) is 0 Å². The Morgan fingerprint density at radius 3 is 2.14 bits per heavy atom. The molecule has 2 unspecified atom stereocenters. The third-order valence-electron chi connectivity index (χ3n) is 3.54. The molecule has 2 rings (SSSR count). The highest BCUT2D eigenvalue weighted by Gasteiger charge is 2.33. The molecule has 0 radical (unpaired) electrons. The van der Waals surface area contributed by atoms with Gasteiger partial charge in [0.05, 0.1) is 16.7 Å². The summed E-state index contributed by atoms with van der Waals surface area (Å²) in [6.07, 6.45) is 4.22. The molecular weight excluding hydrogens is 308 g/mol. The number of primary sulfonamides is 1. The van der Waals surface area contributed by atoms with Gasteiger partial charge >= 0.3 is 5.97 Å². The van der Waals surface area contributed by atoms with E-state index in [0.717, 1.165) is 0 Å². The smallest absolute Gasteiger partial charge is 0.307 e. The summed E-state index contributed by atoms with van der Waals surface area (Å²) in [5.41, 5.74) is 0.385. The first kappa shape index (κ1) is 16.2. The molecule has 0 aliphatic heterocycles. The first-order valence-corrected chi connectivity index (χ1v) is 8.15. The van der Waals surface area contributed by atoms with Crippen molar-refractivity contribution in [2.75, 3.05) is 5.32 Å². The average molecular weight is 324 g/mol. The number of carbonyl (C=O) groups is 2. The minimum atomic E-state index is -3.79. The molecule has 0 spiro atoms. The van der Waals surface area contributed by atoms with Gasteiger partial charge in [-0.25, -0.2) is 13.6 Å². The Labute approximate surface area is 127 Å². The number of aliphatic carboxylic acids is 1. The Morgan fingerprint density at radius 1 is 1.09 bits per heavy atom. The van der Waals surface area contributed by atoms with Crippen LogP contribution in [0.4, 0.5) is 5.69 Å². The lowest BCUT2D eigenvalue weighted by Crippen LogP contribution is -2.34. The molecule has 2 atom stereocenters. The standard InChI is InChI=1S/C14H16N2O5S/c15-22(20,21)10-7-5-9(6-8-10)16-13(17)11-3-1-2-4-12(11)14(18)19/h1-2,5-8,11-12H,3-4H2,(H,16,17)(H,18,19)(H2,15,20,21). The fourth-order valence-corrected chi connectivity index (χ4v) is 2.86. The number of hydrogen-bond donors (Lipinski definition) is 3. The second kappa shape index (κ2) is 6.29. The van der Waals surface area contributed by atoms with Gasteiger partial charge < -0.3 is 10.4 Å². The third kappa shape index (κ3) is 3.71. The second-order valence-electron chi connectivity index (χ2n) is 5.05. The van der Waals surface area contributed by atoms with Gasteiger partial charge in [-0.1, -0.05) is 12.2 Å². The van der Waals surface area contributed by atoms with E-state index in [-0.39, 0.29) is 4.90 Å². The molecule has 7 nitrogen and oxygen atoms in total. The van der Waals surface area contributed by atoms with E-state index in [1.165, 1.54) is 24.3 Å². The molecule has 1 aromatic carbocycles. The number of sulfonamides is 1. The zero-order chi connectivity index (χ0) is 16.3. The zero-order valence-corrected chi connectivity index (χ0v) is 12.4. The van der Waals surface area contributed by atoms with E-state index < -0.39 is 33.7 Å². The molecule has 1 aliphatic carbocycles. The van der Waals surface area contributed by atoms with Crippen LogP contribution < -0.4 is 10.5 Å². The number of amides is 1. The molecule has 0 heterocycles. The van der Waals surface area contributed by atoms with Gasteiger partial charge in [-0.2, -0.15) is 0 Å². The van der Waals surface area contributed by atoms with E-state index in [1.807, 2.05) is 0 Å². The van der Waals surface area contributed by atoms with Gasteiger partial charge in [-0.15, -0.1) is 0 Å². The number of rotatable bonds is 4. The van der Waals surface area contributed by atoms with Gasteiger partial charge in [-0.05, 0) is 37.1 Å². The van der Waals surface area contributed by atoms with Gasteiger partial charge in [0, 0.05) is 5.69 Å². The lowest BCUT2D eigenvalue weighted by Gasteiger charge is -2.24. The van der Waals surface area contributed by atoms with Crippen LogP contribution >= 0.6 is 0 Å². The molecule has 0 saturated heterocycles. The highest BCUT2D eigenvalue weighted by Crippen LogP contribution is 2.27. The van der Waals surface area contributed by atoms with E-state index in [0.29, 0.717) is 18.5 Å². The molecule has 0 aromatic heterocycles. The molecule has 0 saturated carbocycles. The number of nitrogens with two attached hydrogens (primary N) is 1. The minimum Gasteiger partial charge on any atom is -0.481 e. The highest BCUT2D eigenvalue weighted by molar-refractivity contribution is 7.89. The molecular formula is C14H16N2O5S. The van der Waals surface area contributed by atoms with E-state index >= 15 is 0 Å². The Bertz CT molecular complexity index is 709. The van der Waals surface area contributed by atoms with Gasteiger partial charge in [-0.3, -0.25) is 9.59 Å². The van der Waals surface area contributed by atoms with Crippen molar-refractivity contribution in [3.05, 3.63) is 36.4 Å². The molecule has 118 valence electrons.